The van der Waals surface area contributed by atoms with Crippen LogP contribution in [0.2, 0.25) is 0 Å². The third kappa shape index (κ3) is 4.97. The van der Waals surface area contributed by atoms with Crippen LogP contribution in [0.3, 0.4) is 0 Å². The summed E-state index contributed by atoms with van der Waals surface area (Å²) in [5.41, 5.74) is 5.18. The van der Waals surface area contributed by atoms with Crippen molar-refractivity contribution in [3.05, 3.63) is 69.7 Å². The SMILES string of the molecule is NNC(=O)Cc1ccccc1COCc1ccc(Br)cc1. The zero-order chi connectivity index (χ0) is 15.1. The van der Waals surface area contributed by atoms with Gasteiger partial charge in [-0.05, 0) is 28.8 Å². The molecule has 0 spiro atoms. The number of carbonyl (C=O) groups is 1. The minimum Gasteiger partial charge on any atom is -0.372 e. The van der Waals surface area contributed by atoms with Crippen LogP contribution in [0.5, 0.6) is 0 Å². The quantitative estimate of drug-likeness (QED) is 0.479. The van der Waals surface area contributed by atoms with Crippen molar-refractivity contribution in [2.75, 3.05) is 0 Å². The highest BCUT2D eigenvalue weighted by Gasteiger charge is 2.06. The van der Waals surface area contributed by atoms with E-state index < -0.39 is 0 Å². The van der Waals surface area contributed by atoms with Crippen molar-refractivity contribution >= 4 is 21.8 Å². The molecule has 0 radical (unpaired) electrons. The largest absolute Gasteiger partial charge is 0.372 e. The number of carbonyl (C=O) groups excluding carboxylic acids is 1. The summed E-state index contributed by atoms with van der Waals surface area (Å²) in [6, 6.07) is 15.7. The number of nitrogens with one attached hydrogen (secondary N) is 1. The number of amides is 1. The summed E-state index contributed by atoms with van der Waals surface area (Å²) in [5, 5.41) is 0. The lowest BCUT2D eigenvalue weighted by Gasteiger charge is -2.10. The molecule has 0 saturated heterocycles. The second-order valence-corrected chi connectivity index (χ2v) is 5.55. The molecular weight excluding hydrogens is 332 g/mol. The summed E-state index contributed by atoms with van der Waals surface area (Å²) in [6.07, 6.45) is 0.258. The molecule has 3 N–H and O–H groups in total. The summed E-state index contributed by atoms with van der Waals surface area (Å²) in [4.78, 5) is 11.4. The molecule has 5 heteroatoms. The number of hydrogen-bond acceptors (Lipinski definition) is 3. The van der Waals surface area contributed by atoms with E-state index in [2.05, 4.69) is 21.4 Å². The number of rotatable bonds is 6. The van der Waals surface area contributed by atoms with E-state index in [0.29, 0.717) is 13.2 Å². The van der Waals surface area contributed by atoms with Gasteiger partial charge in [0, 0.05) is 4.47 Å². The predicted molar refractivity (Wildman–Crippen MR) is 85.1 cm³/mol. The molecule has 2 aromatic rings. The van der Waals surface area contributed by atoms with E-state index >= 15 is 0 Å². The van der Waals surface area contributed by atoms with Crippen molar-refractivity contribution in [2.45, 2.75) is 19.6 Å². The van der Waals surface area contributed by atoms with Crippen LogP contribution in [0, 0.1) is 0 Å². The van der Waals surface area contributed by atoms with Gasteiger partial charge in [0.15, 0.2) is 0 Å². The smallest absolute Gasteiger partial charge is 0.238 e. The Morgan fingerprint density at radius 2 is 1.71 bits per heavy atom. The molecule has 2 aromatic carbocycles. The molecule has 21 heavy (non-hydrogen) atoms. The van der Waals surface area contributed by atoms with Crippen LogP contribution >= 0.6 is 15.9 Å². The highest BCUT2D eigenvalue weighted by Crippen LogP contribution is 2.14. The Hall–Kier alpha value is -1.69. The van der Waals surface area contributed by atoms with Crippen LogP contribution in [0.1, 0.15) is 16.7 Å². The first-order chi connectivity index (χ1) is 10.2. The number of nitrogens with two attached hydrogens (primary N) is 1. The zero-order valence-corrected chi connectivity index (χ0v) is 13.1. The van der Waals surface area contributed by atoms with Gasteiger partial charge < -0.3 is 4.74 Å². The second kappa shape index (κ2) is 7.93. The number of hydrogen-bond donors (Lipinski definition) is 2. The van der Waals surface area contributed by atoms with Crippen molar-refractivity contribution in [1.82, 2.24) is 5.43 Å². The molecule has 0 saturated carbocycles. The Labute approximate surface area is 132 Å². The third-order valence-corrected chi connectivity index (χ3v) is 3.60. The minimum atomic E-state index is -0.213. The van der Waals surface area contributed by atoms with Crippen molar-refractivity contribution in [3.63, 3.8) is 0 Å². The average Bonchev–Trinajstić information content (AvgIpc) is 2.51. The number of benzene rings is 2. The summed E-state index contributed by atoms with van der Waals surface area (Å²) in [5.74, 6) is 4.91. The molecule has 0 unspecified atom stereocenters. The maximum Gasteiger partial charge on any atom is 0.238 e. The van der Waals surface area contributed by atoms with E-state index in [0.717, 1.165) is 21.2 Å². The second-order valence-electron chi connectivity index (χ2n) is 4.63. The van der Waals surface area contributed by atoms with Gasteiger partial charge in [-0.15, -0.1) is 0 Å². The van der Waals surface area contributed by atoms with Crippen molar-refractivity contribution < 1.29 is 9.53 Å². The molecule has 0 fully saturated rings. The van der Waals surface area contributed by atoms with Gasteiger partial charge >= 0.3 is 0 Å². The van der Waals surface area contributed by atoms with Gasteiger partial charge in [0.25, 0.3) is 0 Å². The van der Waals surface area contributed by atoms with Crippen LogP contribution in [0.25, 0.3) is 0 Å². The van der Waals surface area contributed by atoms with Crippen LogP contribution in [-0.4, -0.2) is 5.91 Å². The highest BCUT2D eigenvalue weighted by molar-refractivity contribution is 9.10. The van der Waals surface area contributed by atoms with E-state index in [4.69, 9.17) is 10.6 Å². The highest BCUT2D eigenvalue weighted by atomic mass is 79.9. The van der Waals surface area contributed by atoms with Crippen molar-refractivity contribution in [1.29, 1.82) is 0 Å². The molecule has 4 nitrogen and oxygen atoms in total. The molecular formula is C16H17BrN2O2. The Morgan fingerprint density at radius 1 is 1.05 bits per heavy atom. The first-order valence-electron chi connectivity index (χ1n) is 6.57. The summed E-state index contributed by atoms with van der Waals surface area (Å²) < 4.78 is 6.77. The first kappa shape index (κ1) is 15.7. The van der Waals surface area contributed by atoms with E-state index in [9.17, 15) is 4.79 Å². The molecule has 0 aliphatic rings. The Morgan fingerprint density at radius 3 is 2.38 bits per heavy atom. The fourth-order valence-electron chi connectivity index (χ4n) is 1.95. The predicted octanol–water partition coefficient (Wildman–Crippen LogP) is 2.70. The number of halogens is 1. The summed E-state index contributed by atoms with van der Waals surface area (Å²) in [7, 11) is 0. The molecule has 2 rings (SSSR count). The van der Waals surface area contributed by atoms with Crippen LogP contribution in [0.15, 0.2) is 53.0 Å². The average molecular weight is 349 g/mol. The van der Waals surface area contributed by atoms with Gasteiger partial charge in [0.05, 0.1) is 19.6 Å². The van der Waals surface area contributed by atoms with Gasteiger partial charge in [0.2, 0.25) is 5.91 Å². The van der Waals surface area contributed by atoms with Crippen molar-refractivity contribution in [3.8, 4) is 0 Å². The normalized spacial score (nSPS) is 10.4. The monoisotopic (exact) mass is 348 g/mol. The van der Waals surface area contributed by atoms with Crippen LogP contribution < -0.4 is 11.3 Å². The van der Waals surface area contributed by atoms with Gasteiger partial charge in [-0.25, -0.2) is 5.84 Å². The van der Waals surface area contributed by atoms with Crippen molar-refractivity contribution in [2.24, 2.45) is 5.84 Å². The number of hydrazine groups is 1. The van der Waals surface area contributed by atoms with Crippen LogP contribution in [-0.2, 0) is 29.2 Å². The first-order valence-corrected chi connectivity index (χ1v) is 7.37. The molecule has 110 valence electrons. The van der Waals surface area contributed by atoms with E-state index in [1.165, 1.54) is 0 Å². The molecule has 0 bridgehead atoms. The summed E-state index contributed by atoms with van der Waals surface area (Å²) >= 11 is 3.40. The Bertz CT molecular complexity index is 599. The fraction of sp³-hybridized carbons (Fsp3) is 0.188. The van der Waals surface area contributed by atoms with E-state index in [1.54, 1.807) is 0 Å². The molecule has 0 aliphatic carbocycles. The van der Waals surface area contributed by atoms with E-state index in [1.807, 2.05) is 48.5 Å². The van der Waals surface area contributed by atoms with E-state index in [-0.39, 0.29) is 12.3 Å². The Balaban J connectivity index is 1.93. The van der Waals surface area contributed by atoms with Gasteiger partial charge in [-0.1, -0.05) is 52.3 Å². The number of ether oxygens (including phenoxy) is 1. The fourth-order valence-corrected chi connectivity index (χ4v) is 2.22. The maximum absolute atomic E-state index is 11.4. The van der Waals surface area contributed by atoms with Gasteiger partial charge in [0.1, 0.15) is 0 Å². The molecule has 0 aromatic heterocycles. The molecule has 0 atom stereocenters. The Kier molecular flexibility index (Phi) is 5.92. The standard InChI is InChI=1S/C16H17BrN2O2/c17-15-7-5-12(6-8-15)10-21-11-14-4-2-1-3-13(14)9-16(20)19-18/h1-8H,9-11,18H2,(H,19,20). The lowest BCUT2D eigenvalue weighted by molar-refractivity contribution is -0.120. The molecule has 1 amide bonds. The van der Waals surface area contributed by atoms with Gasteiger partial charge in [-0.3, -0.25) is 10.2 Å². The molecule has 0 aliphatic heterocycles. The molecule has 0 heterocycles. The van der Waals surface area contributed by atoms with Crippen LogP contribution in [0.4, 0.5) is 0 Å². The third-order valence-electron chi connectivity index (χ3n) is 3.07. The lowest BCUT2D eigenvalue weighted by atomic mass is 10.1. The zero-order valence-electron chi connectivity index (χ0n) is 11.5. The summed E-state index contributed by atoms with van der Waals surface area (Å²) in [6.45, 7) is 0.995. The lowest BCUT2D eigenvalue weighted by Crippen LogP contribution is -2.31. The maximum atomic E-state index is 11.4. The topological polar surface area (TPSA) is 64.3 Å². The van der Waals surface area contributed by atoms with Gasteiger partial charge in [-0.2, -0.15) is 0 Å². The minimum absolute atomic E-state index is 0.213.